The SMILES string of the molecule is COCC(=O)N1CCOC(CN)C1. The Labute approximate surface area is 77.8 Å². The van der Waals surface area contributed by atoms with Crippen molar-refractivity contribution in [3.05, 3.63) is 0 Å². The van der Waals surface area contributed by atoms with Gasteiger partial charge >= 0.3 is 0 Å². The van der Waals surface area contributed by atoms with Crippen molar-refractivity contribution in [1.29, 1.82) is 0 Å². The summed E-state index contributed by atoms with van der Waals surface area (Å²) >= 11 is 0. The van der Waals surface area contributed by atoms with E-state index < -0.39 is 0 Å². The summed E-state index contributed by atoms with van der Waals surface area (Å²) in [4.78, 5) is 13.1. The smallest absolute Gasteiger partial charge is 0.248 e. The minimum absolute atomic E-state index is 0.00394. The molecular weight excluding hydrogens is 172 g/mol. The summed E-state index contributed by atoms with van der Waals surface area (Å²) in [5, 5.41) is 0. The highest BCUT2D eigenvalue weighted by molar-refractivity contribution is 5.77. The molecule has 1 saturated heterocycles. The lowest BCUT2D eigenvalue weighted by Crippen LogP contribution is -2.49. The van der Waals surface area contributed by atoms with Gasteiger partial charge in [-0.15, -0.1) is 0 Å². The number of hydrogen-bond acceptors (Lipinski definition) is 4. The third kappa shape index (κ3) is 2.95. The van der Waals surface area contributed by atoms with E-state index in [1.807, 2.05) is 0 Å². The maximum atomic E-state index is 11.4. The van der Waals surface area contributed by atoms with E-state index in [9.17, 15) is 4.79 Å². The van der Waals surface area contributed by atoms with Crippen LogP contribution in [0.4, 0.5) is 0 Å². The first kappa shape index (κ1) is 10.4. The van der Waals surface area contributed by atoms with E-state index in [0.717, 1.165) is 0 Å². The van der Waals surface area contributed by atoms with Crippen LogP contribution in [0.15, 0.2) is 0 Å². The zero-order chi connectivity index (χ0) is 9.68. The molecule has 5 heteroatoms. The molecule has 0 aromatic heterocycles. The van der Waals surface area contributed by atoms with Crippen LogP contribution >= 0.6 is 0 Å². The molecule has 13 heavy (non-hydrogen) atoms. The zero-order valence-corrected chi connectivity index (χ0v) is 7.86. The Morgan fingerprint density at radius 3 is 3.15 bits per heavy atom. The van der Waals surface area contributed by atoms with Gasteiger partial charge in [-0.2, -0.15) is 0 Å². The first-order chi connectivity index (χ1) is 6.27. The third-order valence-electron chi connectivity index (χ3n) is 2.02. The van der Waals surface area contributed by atoms with E-state index in [-0.39, 0.29) is 18.6 Å². The molecule has 1 heterocycles. The molecule has 0 radical (unpaired) electrons. The maximum absolute atomic E-state index is 11.4. The van der Waals surface area contributed by atoms with E-state index >= 15 is 0 Å². The Bertz CT molecular complexity index is 175. The number of ether oxygens (including phenoxy) is 2. The maximum Gasteiger partial charge on any atom is 0.248 e. The first-order valence-corrected chi connectivity index (χ1v) is 4.36. The summed E-state index contributed by atoms with van der Waals surface area (Å²) in [6.45, 7) is 2.38. The monoisotopic (exact) mass is 188 g/mol. The van der Waals surface area contributed by atoms with Crippen molar-refractivity contribution in [2.75, 3.05) is 40.0 Å². The van der Waals surface area contributed by atoms with E-state index in [2.05, 4.69) is 0 Å². The molecule has 1 aliphatic rings. The van der Waals surface area contributed by atoms with Crippen LogP contribution in [0, 0.1) is 0 Å². The highest BCUT2D eigenvalue weighted by atomic mass is 16.5. The van der Waals surface area contributed by atoms with Crippen molar-refractivity contribution in [3.63, 3.8) is 0 Å². The van der Waals surface area contributed by atoms with E-state index in [1.54, 1.807) is 4.90 Å². The summed E-state index contributed by atoms with van der Waals surface area (Å²) in [5.41, 5.74) is 5.45. The zero-order valence-electron chi connectivity index (χ0n) is 7.86. The van der Waals surface area contributed by atoms with Gasteiger partial charge in [0.2, 0.25) is 5.91 Å². The molecule has 1 aliphatic heterocycles. The number of amides is 1. The fraction of sp³-hybridized carbons (Fsp3) is 0.875. The molecular formula is C8H16N2O3. The standard InChI is InChI=1S/C8H16N2O3/c1-12-6-8(11)10-2-3-13-7(4-9)5-10/h7H,2-6,9H2,1H3. The average Bonchev–Trinajstić information content (AvgIpc) is 2.18. The highest BCUT2D eigenvalue weighted by Gasteiger charge is 2.22. The fourth-order valence-corrected chi connectivity index (χ4v) is 1.30. The molecule has 1 unspecified atom stereocenters. The first-order valence-electron chi connectivity index (χ1n) is 4.36. The van der Waals surface area contributed by atoms with Gasteiger partial charge in [-0.3, -0.25) is 4.79 Å². The molecule has 0 saturated carbocycles. The van der Waals surface area contributed by atoms with E-state index in [1.165, 1.54) is 7.11 Å². The average molecular weight is 188 g/mol. The molecule has 1 atom stereocenters. The Kier molecular flexibility index (Phi) is 4.14. The van der Waals surface area contributed by atoms with Crippen LogP contribution in [-0.4, -0.2) is 56.9 Å². The Balaban J connectivity index is 2.37. The summed E-state index contributed by atoms with van der Waals surface area (Å²) in [6.07, 6.45) is -0.0189. The second kappa shape index (κ2) is 5.16. The van der Waals surface area contributed by atoms with Crippen molar-refractivity contribution < 1.29 is 14.3 Å². The van der Waals surface area contributed by atoms with Crippen LogP contribution in [0.2, 0.25) is 0 Å². The lowest BCUT2D eigenvalue weighted by Gasteiger charge is -2.32. The summed E-state index contributed by atoms with van der Waals surface area (Å²) in [5.74, 6) is 0.00394. The van der Waals surface area contributed by atoms with Crippen molar-refractivity contribution in [1.82, 2.24) is 4.90 Å². The van der Waals surface area contributed by atoms with Crippen LogP contribution < -0.4 is 5.73 Å². The van der Waals surface area contributed by atoms with E-state index in [4.69, 9.17) is 15.2 Å². The molecule has 1 rings (SSSR count). The molecule has 1 fully saturated rings. The van der Waals surface area contributed by atoms with Gasteiger partial charge in [-0.05, 0) is 0 Å². The third-order valence-corrected chi connectivity index (χ3v) is 2.02. The summed E-state index contributed by atoms with van der Waals surface area (Å²) in [7, 11) is 1.51. The second-order valence-corrected chi connectivity index (χ2v) is 3.00. The van der Waals surface area contributed by atoms with Crippen LogP contribution in [0.5, 0.6) is 0 Å². The van der Waals surface area contributed by atoms with E-state index in [0.29, 0.717) is 26.2 Å². The van der Waals surface area contributed by atoms with Crippen molar-refractivity contribution in [2.45, 2.75) is 6.10 Å². The van der Waals surface area contributed by atoms with Gasteiger partial charge in [-0.25, -0.2) is 0 Å². The van der Waals surface area contributed by atoms with Gasteiger partial charge in [-0.1, -0.05) is 0 Å². The normalized spacial score (nSPS) is 23.2. The van der Waals surface area contributed by atoms with Crippen LogP contribution in [0.25, 0.3) is 0 Å². The summed E-state index contributed by atoms with van der Waals surface area (Å²) < 4.78 is 10.1. The number of methoxy groups -OCH3 is 1. The second-order valence-electron chi connectivity index (χ2n) is 3.00. The van der Waals surface area contributed by atoms with Gasteiger partial charge in [0.05, 0.1) is 12.7 Å². The van der Waals surface area contributed by atoms with Crippen LogP contribution in [-0.2, 0) is 14.3 Å². The number of nitrogens with two attached hydrogens (primary N) is 1. The van der Waals surface area contributed by atoms with Crippen LogP contribution in [0.1, 0.15) is 0 Å². The Hall–Kier alpha value is -0.650. The Morgan fingerprint density at radius 2 is 2.54 bits per heavy atom. The molecule has 0 aromatic rings. The van der Waals surface area contributed by atoms with Gasteiger partial charge in [0.25, 0.3) is 0 Å². The predicted molar refractivity (Wildman–Crippen MR) is 47.3 cm³/mol. The molecule has 0 bridgehead atoms. The fourth-order valence-electron chi connectivity index (χ4n) is 1.30. The highest BCUT2D eigenvalue weighted by Crippen LogP contribution is 2.04. The number of hydrogen-bond donors (Lipinski definition) is 1. The quantitative estimate of drug-likeness (QED) is 0.605. The van der Waals surface area contributed by atoms with Crippen molar-refractivity contribution >= 4 is 5.91 Å². The van der Waals surface area contributed by atoms with Crippen molar-refractivity contribution in [2.24, 2.45) is 5.73 Å². The van der Waals surface area contributed by atoms with Crippen molar-refractivity contribution in [3.8, 4) is 0 Å². The number of rotatable bonds is 3. The number of carbonyl (C=O) groups is 1. The van der Waals surface area contributed by atoms with Gasteiger partial charge in [0.1, 0.15) is 6.61 Å². The van der Waals surface area contributed by atoms with Crippen LogP contribution in [0.3, 0.4) is 0 Å². The summed E-state index contributed by atoms with van der Waals surface area (Å²) in [6, 6.07) is 0. The lowest BCUT2D eigenvalue weighted by molar-refractivity contribution is -0.142. The van der Waals surface area contributed by atoms with Gasteiger partial charge in [0.15, 0.2) is 0 Å². The lowest BCUT2D eigenvalue weighted by atomic mass is 10.2. The van der Waals surface area contributed by atoms with Gasteiger partial charge < -0.3 is 20.1 Å². The molecule has 5 nitrogen and oxygen atoms in total. The molecule has 0 aromatic carbocycles. The minimum atomic E-state index is -0.0189. The topological polar surface area (TPSA) is 64.8 Å². The number of carbonyl (C=O) groups excluding carboxylic acids is 1. The predicted octanol–water partition coefficient (Wildman–Crippen LogP) is -1.18. The molecule has 2 N–H and O–H groups in total. The minimum Gasteiger partial charge on any atom is -0.375 e. The molecule has 0 spiro atoms. The number of nitrogens with zero attached hydrogens (tertiary/aromatic N) is 1. The Morgan fingerprint density at radius 1 is 1.77 bits per heavy atom. The molecule has 0 aliphatic carbocycles. The largest absolute Gasteiger partial charge is 0.375 e. The number of morpholine rings is 1. The molecule has 1 amide bonds. The molecule has 76 valence electrons. The van der Waals surface area contributed by atoms with Gasteiger partial charge in [0, 0.05) is 26.7 Å².